The van der Waals surface area contributed by atoms with Crippen molar-refractivity contribution in [1.29, 1.82) is 0 Å². The van der Waals surface area contributed by atoms with Crippen molar-refractivity contribution >= 4 is 44.6 Å². The van der Waals surface area contributed by atoms with Crippen LogP contribution in [0.1, 0.15) is 130 Å². The summed E-state index contributed by atoms with van der Waals surface area (Å²) in [6.07, 6.45) is 1.85. The SMILES string of the molecule is CC(C)c1cccc(C(C)C)c1-c1cc(Oc2[c-]c3c(cc2)c2ccccc2n3-c2cc(C(C)(C)C)ccn2)[c-]c(N2[CH-]N(c3c(-c4cc(C(C)(C)C)cc(C(C)(C)C)c4)cc(-c4ccccc4)cc3-c3c(F)c(F)c(F)c(F)c3F)c3ccccc32)c1.[Pt]. The molecule has 0 spiro atoms. The first-order chi connectivity index (χ1) is 41.8. The van der Waals surface area contributed by atoms with Gasteiger partial charge in [-0.3, -0.25) is 0 Å². The molecule has 3 heterocycles. The van der Waals surface area contributed by atoms with E-state index in [1.54, 1.807) is 4.90 Å². The summed E-state index contributed by atoms with van der Waals surface area (Å²) in [5.41, 5.74) is 11.1. The molecule has 12 rings (SSSR count). The molecule has 0 bridgehead atoms. The van der Waals surface area contributed by atoms with E-state index in [0.29, 0.717) is 50.8 Å². The van der Waals surface area contributed by atoms with Crippen LogP contribution >= 0.6 is 0 Å². The zero-order valence-corrected chi connectivity index (χ0v) is 54.6. The van der Waals surface area contributed by atoms with Crippen molar-refractivity contribution in [3.8, 4) is 61.8 Å². The Morgan fingerprint density at radius 3 is 1.65 bits per heavy atom. The van der Waals surface area contributed by atoms with Gasteiger partial charge < -0.3 is 19.1 Å². The van der Waals surface area contributed by atoms with Crippen LogP contribution in [-0.4, -0.2) is 9.55 Å². The number of anilines is 4. The molecule has 1 aliphatic rings. The van der Waals surface area contributed by atoms with E-state index in [9.17, 15) is 0 Å². The summed E-state index contributed by atoms with van der Waals surface area (Å²) in [6.45, 7) is 29.8. The maximum atomic E-state index is 17.0. The average Bonchev–Trinajstić information content (AvgIpc) is 1.69. The van der Waals surface area contributed by atoms with Gasteiger partial charge in [0.25, 0.3) is 0 Å². The third-order valence-electron chi connectivity index (χ3n) is 16.9. The minimum atomic E-state index is -2.24. The minimum absolute atomic E-state index is 0. The van der Waals surface area contributed by atoms with Crippen molar-refractivity contribution in [2.45, 2.75) is 118 Å². The van der Waals surface area contributed by atoms with E-state index < -0.39 is 34.6 Å². The number of para-hydroxylation sites is 3. The zero-order chi connectivity index (χ0) is 62.5. The van der Waals surface area contributed by atoms with Crippen LogP contribution in [0.25, 0.3) is 72.1 Å². The normalized spacial score (nSPS) is 12.9. The Kier molecular flexibility index (Phi) is 16.5. The van der Waals surface area contributed by atoms with Gasteiger partial charge in [-0.25, -0.2) is 26.9 Å². The molecule has 0 radical (unpaired) electrons. The van der Waals surface area contributed by atoms with Crippen LogP contribution in [0.15, 0.2) is 170 Å². The van der Waals surface area contributed by atoms with Crippen LogP contribution < -0.4 is 14.5 Å². The van der Waals surface area contributed by atoms with Gasteiger partial charge in [0.1, 0.15) is 5.82 Å². The molecular weight excluding hydrogens is 1300 g/mol. The molecule has 0 amide bonds. The number of hydrogen-bond donors (Lipinski definition) is 0. The molecule has 0 aliphatic carbocycles. The molecule has 456 valence electrons. The maximum absolute atomic E-state index is 17.0. The molecule has 0 N–H and O–H groups in total. The third-order valence-corrected chi connectivity index (χ3v) is 16.9. The molecule has 5 nitrogen and oxygen atoms in total. The average molecular weight is 1370 g/mol. The number of rotatable bonds is 11. The van der Waals surface area contributed by atoms with Crippen molar-refractivity contribution < 1.29 is 47.8 Å². The van der Waals surface area contributed by atoms with E-state index >= 15 is 22.0 Å². The molecule has 11 heteroatoms. The molecule has 89 heavy (non-hydrogen) atoms. The Morgan fingerprint density at radius 1 is 0.461 bits per heavy atom. The Bertz CT molecular complexity index is 4460. The standard InChI is InChI=1S/C78H70F5N4O.Pt/c1-45(2)57-25-21-26-58(46(3)4)68(57)50-36-54(42-56(37-50)88-55-30-31-60-59-24-17-18-27-63(59)87(66(60)43-55)67-41-51(32-33-84-67)76(5,6)7)85-44-86(65-29-20-19-28-64(65)85)75-61(49-34-52(77(8,9)10)40-53(35-49)78(11,12)13)38-48(47-22-15-14-16-23-47)39-62(75)69-70(79)72(81)74(83)73(82)71(69)80;/h14-41,44-46H,1-13H3;/q-3;. The predicted octanol–water partition coefficient (Wildman–Crippen LogP) is 22.5. The number of aromatic nitrogens is 2. The van der Waals surface area contributed by atoms with Crippen LogP contribution in [0.4, 0.5) is 44.7 Å². The molecule has 0 saturated heterocycles. The van der Waals surface area contributed by atoms with Crippen molar-refractivity contribution in [2.75, 3.05) is 9.80 Å². The monoisotopic (exact) mass is 1370 g/mol. The molecule has 2 aromatic heterocycles. The molecule has 9 aromatic carbocycles. The second-order valence-electron chi connectivity index (χ2n) is 26.8. The molecule has 0 atom stereocenters. The Labute approximate surface area is 534 Å². The van der Waals surface area contributed by atoms with Gasteiger partial charge in [-0.05, 0) is 126 Å². The first-order valence-electron chi connectivity index (χ1n) is 30.0. The number of pyridine rings is 1. The number of fused-ring (bicyclic) bond motifs is 4. The minimum Gasteiger partial charge on any atom is -0.509 e. The molecule has 11 aromatic rings. The van der Waals surface area contributed by atoms with Crippen molar-refractivity contribution in [3.05, 3.63) is 246 Å². The van der Waals surface area contributed by atoms with E-state index in [1.165, 1.54) is 6.07 Å². The molecule has 0 fully saturated rings. The number of nitrogens with zero attached hydrogens (tertiary/aromatic N) is 4. The van der Waals surface area contributed by atoms with Gasteiger partial charge in [0.15, 0.2) is 23.3 Å². The van der Waals surface area contributed by atoms with Gasteiger partial charge in [-0.2, -0.15) is 6.07 Å². The van der Waals surface area contributed by atoms with E-state index in [1.807, 2.05) is 103 Å². The summed E-state index contributed by atoms with van der Waals surface area (Å²) in [5.74, 6) is -8.44. The van der Waals surface area contributed by atoms with Crippen LogP contribution in [0.2, 0.25) is 0 Å². The van der Waals surface area contributed by atoms with Crippen LogP contribution in [-0.2, 0) is 37.3 Å². The number of ether oxygens (including phenoxy) is 1. The molecule has 0 unspecified atom stereocenters. The zero-order valence-electron chi connectivity index (χ0n) is 52.3. The van der Waals surface area contributed by atoms with E-state index in [4.69, 9.17) is 9.72 Å². The summed E-state index contributed by atoms with van der Waals surface area (Å²) in [6, 6.07) is 60.8. The third kappa shape index (κ3) is 11.5. The van der Waals surface area contributed by atoms with E-state index in [0.717, 1.165) is 66.6 Å². The van der Waals surface area contributed by atoms with Gasteiger partial charge in [0, 0.05) is 72.5 Å². The van der Waals surface area contributed by atoms with Crippen LogP contribution in [0.3, 0.4) is 0 Å². The first kappa shape index (κ1) is 62.3. The second-order valence-corrected chi connectivity index (χ2v) is 26.8. The summed E-state index contributed by atoms with van der Waals surface area (Å²) >= 11 is 0. The predicted molar refractivity (Wildman–Crippen MR) is 350 cm³/mol. The largest absolute Gasteiger partial charge is 0.509 e. The van der Waals surface area contributed by atoms with Crippen molar-refractivity contribution in [2.24, 2.45) is 0 Å². The summed E-state index contributed by atoms with van der Waals surface area (Å²) in [5, 5.41) is 2.01. The fraction of sp³-hybridized carbons (Fsp3) is 0.231. The summed E-state index contributed by atoms with van der Waals surface area (Å²) < 4.78 is 90.4. The van der Waals surface area contributed by atoms with E-state index in [2.05, 4.69) is 180 Å². The van der Waals surface area contributed by atoms with Gasteiger partial charge >= 0.3 is 0 Å². The van der Waals surface area contributed by atoms with Crippen molar-refractivity contribution in [1.82, 2.24) is 9.55 Å². The summed E-state index contributed by atoms with van der Waals surface area (Å²) in [7, 11) is 0. The van der Waals surface area contributed by atoms with Gasteiger partial charge in [-0.15, -0.1) is 53.6 Å². The number of hydrogen-bond acceptors (Lipinski definition) is 4. The molecular formula is C78H70F5N4OPt-3. The molecule has 1 aliphatic heterocycles. The fourth-order valence-electron chi connectivity index (χ4n) is 12.1. The van der Waals surface area contributed by atoms with Crippen LogP contribution in [0, 0.1) is 47.9 Å². The van der Waals surface area contributed by atoms with Crippen LogP contribution in [0.5, 0.6) is 11.5 Å². The smallest absolute Gasteiger partial charge is 0.200 e. The Hall–Kier alpha value is -8.33. The Morgan fingerprint density at radius 2 is 1.03 bits per heavy atom. The number of halogens is 5. The number of benzene rings is 9. The first-order valence-corrected chi connectivity index (χ1v) is 30.0. The van der Waals surface area contributed by atoms with E-state index in [-0.39, 0.29) is 60.4 Å². The van der Waals surface area contributed by atoms with Gasteiger partial charge in [0.2, 0.25) is 5.82 Å². The van der Waals surface area contributed by atoms with Gasteiger partial charge in [0.05, 0.1) is 5.56 Å². The maximum Gasteiger partial charge on any atom is 0.200 e. The fourth-order valence-corrected chi connectivity index (χ4v) is 12.1. The summed E-state index contributed by atoms with van der Waals surface area (Å²) in [4.78, 5) is 8.66. The quantitative estimate of drug-likeness (QED) is 0.0559. The van der Waals surface area contributed by atoms with Crippen molar-refractivity contribution in [3.63, 3.8) is 0 Å². The Balaban J connectivity index is 0.00000817. The topological polar surface area (TPSA) is 33.5 Å². The van der Waals surface area contributed by atoms with Gasteiger partial charge in [-0.1, -0.05) is 193 Å². The molecule has 0 saturated carbocycles. The second kappa shape index (κ2) is 23.6.